The molecule has 6 nitrogen and oxygen atoms in total. The van der Waals surface area contributed by atoms with Crippen molar-refractivity contribution in [2.75, 3.05) is 12.4 Å². The molecule has 1 aromatic rings. The SMILES string of the molecule is COC(C)(C)C[C@@H](C)NC(=O)Nc1cn(C)c(=O)cc1C. The van der Waals surface area contributed by atoms with Gasteiger partial charge in [-0.05, 0) is 39.7 Å². The smallest absolute Gasteiger partial charge is 0.319 e. The molecule has 0 aromatic carbocycles. The highest BCUT2D eigenvalue weighted by Gasteiger charge is 2.21. The summed E-state index contributed by atoms with van der Waals surface area (Å²) in [4.78, 5) is 23.5. The van der Waals surface area contributed by atoms with Gasteiger partial charge in [-0.2, -0.15) is 0 Å². The standard InChI is InChI=1S/C15H25N3O3/c1-10-7-13(19)18(5)9-12(10)17-14(20)16-11(2)8-15(3,4)21-6/h7,9,11H,8H2,1-6H3,(H2,16,17,20)/t11-/m1/s1. The highest BCUT2D eigenvalue weighted by atomic mass is 16.5. The van der Waals surface area contributed by atoms with E-state index in [0.717, 1.165) is 5.56 Å². The number of rotatable bonds is 5. The maximum atomic E-state index is 12.0. The average Bonchev–Trinajstić information content (AvgIpc) is 2.35. The van der Waals surface area contributed by atoms with E-state index in [-0.39, 0.29) is 23.2 Å². The van der Waals surface area contributed by atoms with Crippen molar-refractivity contribution in [3.8, 4) is 0 Å². The van der Waals surface area contributed by atoms with Crippen LogP contribution in [0.25, 0.3) is 0 Å². The van der Waals surface area contributed by atoms with E-state index in [2.05, 4.69) is 10.6 Å². The third-order valence-electron chi connectivity index (χ3n) is 3.41. The molecule has 1 atom stereocenters. The van der Waals surface area contributed by atoms with Crippen molar-refractivity contribution in [3.63, 3.8) is 0 Å². The van der Waals surface area contributed by atoms with Crippen LogP contribution in [0.15, 0.2) is 17.1 Å². The molecule has 1 aromatic heterocycles. The van der Waals surface area contributed by atoms with Crippen molar-refractivity contribution in [2.24, 2.45) is 7.05 Å². The molecule has 0 radical (unpaired) electrons. The molecular weight excluding hydrogens is 270 g/mol. The fraction of sp³-hybridized carbons (Fsp3) is 0.600. The summed E-state index contributed by atoms with van der Waals surface area (Å²) >= 11 is 0. The first-order valence-corrected chi connectivity index (χ1v) is 6.94. The lowest BCUT2D eigenvalue weighted by molar-refractivity contribution is 0.00963. The molecule has 0 spiro atoms. The zero-order chi connectivity index (χ0) is 16.2. The third-order valence-corrected chi connectivity index (χ3v) is 3.41. The van der Waals surface area contributed by atoms with Gasteiger partial charge in [-0.3, -0.25) is 4.79 Å². The third kappa shape index (κ3) is 5.23. The summed E-state index contributed by atoms with van der Waals surface area (Å²) in [5, 5.41) is 5.63. The van der Waals surface area contributed by atoms with E-state index in [9.17, 15) is 9.59 Å². The minimum Gasteiger partial charge on any atom is -0.379 e. The van der Waals surface area contributed by atoms with Crippen LogP contribution in [0, 0.1) is 6.92 Å². The Hall–Kier alpha value is -1.82. The van der Waals surface area contributed by atoms with Crippen LogP contribution in [0.2, 0.25) is 0 Å². The van der Waals surface area contributed by atoms with E-state index in [1.54, 1.807) is 27.3 Å². The minimum absolute atomic E-state index is 0.0345. The number of hydrogen-bond donors (Lipinski definition) is 2. The van der Waals surface area contributed by atoms with Crippen LogP contribution in [-0.4, -0.2) is 29.4 Å². The lowest BCUT2D eigenvalue weighted by Crippen LogP contribution is -2.41. The van der Waals surface area contributed by atoms with E-state index in [4.69, 9.17) is 4.74 Å². The van der Waals surface area contributed by atoms with Crippen molar-refractivity contribution in [1.82, 2.24) is 9.88 Å². The predicted octanol–water partition coefficient (Wildman–Crippen LogP) is 2.02. The summed E-state index contributed by atoms with van der Waals surface area (Å²) in [6.07, 6.45) is 2.31. The molecule has 6 heteroatoms. The Morgan fingerprint density at radius 3 is 2.67 bits per heavy atom. The highest BCUT2D eigenvalue weighted by molar-refractivity contribution is 5.90. The topological polar surface area (TPSA) is 72.4 Å². The monoisotopic (exact) mass is 295 g/mol. The van der Waals surface area contributed by atoms with Crippen LogP contribution >= 0.6 is 0 Å². The predicted molar refractivity (Wildman–Crippen MR) is 83.7 cm³/mol. The van der Waals surface area contributed by atoms with Gasteiger partial charge in [0.25, 0.3) is 5.56 Å². The second-order valence-electron chi connectivity index (χ2n) is 5.99. The minimum atomic E-state index is -0.295. The zero-order valence-corrected chi connectivity index (χ0v) is 13.6. The summed E-state index contributed by atoms with van der Waals surface area (Å²) in [7, 11) is 3.30. The number of carbonyl (C=O) groups is 1. The van der Waals surface area contributed by atoms with Crippen LogP contribution in [0.5, 0.6) is 0 Å². The number of nitrogens with zero attached hydrogens (tertiary/aromatic N) is 1. The Morgan fingerprint density at radius 2 is 2.10 bits per heavy atom. The van der Waals surface area contributed by atoms with Gasteiger partial charge in [0.15, 0.2) is 0 Å². The Morgan fingerprint density at radius 1 is 1.48 bits per heavy atom. The number of urea groups is 1. The quantitative estimate of drug-likeness (QED) is 0.873. The van der Waals surface area contributed by atoms with Crippen molar-refractivity contribution in [3.05, 3.63) is 28.2 Å². The number of nitrogens with one attached hydrogen (secondary N) is 2. The van der Waals surface area contributed by atoms with Crippen LogP contribution in [0.3, 0.4) is 0 Å². The van der Waals surface area contributed by atoms with Crippen molar-refractivity contribution in [2.45, 2.75) is 45.8 Å². The normalized spacial score (nSPS) is 12.9. The Balaban J connectivity index is 2.66. The molecule has 1 heterocycles. The van der Waals surface area contributed by atoms with Crippen LogP contribution in [0.4, 0.5) is 10.5 Å². The molecule has 0 aliphatic rings. The molecule has 0 bridgehead atoms. The number of aryl methyl sites for hydroxylation is 2. The number of amides is 2. The maximum Gasteiger partial charge on any atom is 0.319 e. The molecule has 118 valence electrons. The van der Waals surface area contributed by atoms with Crippen LogP contribution < -0.4 is 16.2 Å². The van der Waals surface area contributed by atoms with E-state index in [1.165, 1.54) is 10.6 Å². The van der Waals surface area contributed by atoms with Gasteiger partial charge in [-0.1, -0.05) is 0 Å². The fourth-order valence-corrected chi connectivity index (χ4v) is 2.11. The summed E-state index contributed by atoms with van der Waals surface area (Å²) in [6, 6.07) is 1.16. The number of aromatic nitrogens is 1. The average molecular weight is 295 g/mol. The van der Waals surface area contributed by atoms with Crippen LogP contribution in [0.1, 0.15) is 32.8 Å². The number of pyridine rings is 1. The molecule has 1 rings (SSSR count). The molecule has 21 heavy (non-hydrogen) atoms. The molecular formula is C15H25N3O3. The van der Waals surface area contributed by atoms with Gasteiger partial charge >= 0.3 is 6.03 Å². The van der Waals surface area contributed by atoms with E-state index in [1.807, 2.05) is 20.8 Å². The van der Waals surface area contributed by atoms with Crippen molar-refractivity contribution in [1.29, 1.82) is 0 Å². The van der Waals surface area contributed by atoms with E-state index < -0.39 is 0 Å². The molecule has 0 aliphatic carbocycles. The molecule has 2 N–H and O–H groups in total. The first-order valence-electron chi connectivity index (χ1n) is 6.94. The zero-order valence-electron chi connectivity index (χ0n) is 13.6. The van der Waals surface area contributed by atoms with Gasteiger partial charge in [0.1, 0.15) is 0 Å². The Labute approximate surface area is 125 Å². The number of carbonyl (C=O) groups excluding carboxylic acids is 1. The van der Waals surface area contributed by atoms with Gasteiger partial charge < -0.3 is 19.9 Å². The van der Waals surface area contributed by atoms with Gasteiger partial charge in [-0.15, -0.1) is 0 Å². The largest absolute Gasteiger partial charge is 0.379 e. The van der Waals surface area contributed by atoms with Crippen LogP contribution in [-0.2, 0) is 11.8 Å². The molecule has 2 amide bonds. The summed E-state index contributed by atoms with van der Waals surface area (Å²) < 4.78 is 6.78. The highest BCUT2D eigenvalue weighted by Crippen LogP contribution is 2.16. The number of hydrogen-bond acceptors (Lipinski definition) is 3. The molecule has 0 saturated carbocycles. The van der Waals surface area contributed by atoms with Crippen molar-refractivity contribution >= 4 is 11.7 Å². The number of methoxy groups -OCH3 is 1. The van der Waals surface area contributed by atoms with Gasteiger partial charge in [0, 0.05) is 32.5 Å². The fourth-order valence-electron chi connectivity index (χ4n) is 2.11. The first kappa shape index (κ1) is 17.2. The Kier molecular flexibility index (Phi) is 5.54. The Bertz CT molecular complexity index is 564. The lowest BCUT2D eigenvalue weighted by Gasteiger charge is -2.27. The molecule has 0 saturated heterocycles. The van der Waals surface area contributed by atoms with E-state index >= 15 is 0 Å². The number of anilines is 1. The maximum absolute atomic E-state index is 12.0. The summed E-state index contributed by atoms with van der Waals surface area (Å²) in [5.41, 5.74) is 0.957. The number of ether oxygens (including phenoxy) is 1. The second-order valence-corrected chi connectivity index (χ2v) is 5.99. The summed E-state index contributed by atoms with van der Waals surface area (Å²) in [5.74, 6) is 0. The van der Waals surface area contributed by atoms with Crippen molar-refractivity contribution < 1.29 is 9.53 Å². The lowest BCUT2D eigenvalue weighted by atomic mass is 10.00. The molecule has 0 fully saturated rings. The second kappa shape index (κ2) is 6.76. The van der Waals surface area contributed by atoms with Gasteiger partial charge in [-0.25, -0.2) is 4.79 Å². The van der Waals surface area contributed by atoms with Gasteiger partial charge in [0.05, 0.1) is 11.3 Å². The van der Waals surface area contributed by atoms with E-state index in [0.29, 0.717) is 12.1 Å². The first-order chi connectivity index (χ1) is 9.64. The molecule has 0 unspecified atom stereocenters. The van der Waals surface area contributed by atoms with Gasteiger partial charge in [0.2, 0.25) is 0 Å². The summed E-state index contributed by atoms with van der Waals surface area (Å²) in [6.45, 7) is 7.66. The molecule has 0 aliphatic heterocycles.